The summed E-state index contributed by atoms with van der Waals surface area (Å²) in [6.45, 7) is 4.40. The summed E-state index contributed by atoms with van der Waals surface area (Å²) in [6.07, 6.45) is 1.70. The molecule has 0 aliphatic rings. The van der Waals surface area contributed by atoms with Gasteiger partial charge in [-0.3, -0.25) is 0 Å². The molecule has 0 fully saturated rings. The summed E-state index contributed by atoms with van der Waals surface area (Å²) >= 11 is 0. The number of oxazole rings is 1. The molecule has 5 heteroatoms. The highest BCUT2D eigenvalue weighted by Crippen LogP contribution is 2.20. The summed E-state index contributed by atoms with van der Waals surface area (Å²) in [5.74, 6) is 1.91. The van der Waals surface area contributed by atoms with Crippen LogP contribution < -0.4 is 5.73 Å². The Kier molecular flexibility index (Phi) is 2.33. The number of nitrogen functional groups attached to an aromatic ring is 1. The van der Waals surface area contributed by atoms with Crippen LogP contribution in [0.25, 0.3) is 11.0 Å². The number of imidazole rings is 1. The monoisotopic (exact) mass is 242 g/mol. The molecule has 0 bridgehead atoms. The number of rotatable bonds is 2. The number of aryl methyl sites for hydroxylation is 2. The summed E-state index contributed by atoms with van der Waals surface area (Å²) in [6, 6.07) is 6.08. The van der Waals surface area contributed by atoms with Crippen molar-refractivity contribution in [3.63, 3.8) is 0 Å². The lowest BCUT2D eigenvalue weighted by Crippen LogP contribution is -2.04. The van der Waals surface area contributed by atoms with Crippen LogP contribution in [-0.2, 0) is 6.54 Å². The van der Waals surface area contributed by atoms with Gasteiger partial charge in [-0.25, -0.2) is 9.97 Å². The molecule has 18 heavy (non-hydrogen) atoms. The first kappa shape index (κ1) is 10.8. The Bertz CT molecular complexity index is 711. The van der Waals surface area contributed by atoms with E-state index in [0.29, 0.717) is 18.4 Å². The van der Waals surface area contributed by atoms with Crippen LogP contribution in [0.4, 0.5) is 5.95 Å². The predicted molar refractivity (Wildman–Crippen MR) is 69.2 cm³/mol. The number of nitrogens with two attached hydrogens (primary N) is 1. The molecular formula is C13H14N4O. The molecule has 0 spiro atoms. The van der Waals surface area contributed by atoms with Gasteiger partial charge in [-0.15, -0.1) is 0 Å². The first-order valence-electron chi connectivity index (χ1n) is 5.77. The smallest absolute Gasteiger partial charge is 0.214 e. The minimum Gasteiger partial charge on any atom is -0.444 e. The molecule has 0 atom stereocenters. The lowest BCUT2D eigenvalue weighted by Gasteiger charge is -2.03. The lowest BCUT2D eigenvalue weighted by molar-refractivity contribution is 0.461. The highest BCUT2D eigenvalue weighted by Gasteiger charge is 2.10. The summed E-state index contributed by atoms with van der Waals surface area (Å²) in [4.78, 5) is 8.53. The number of nitrogens with zero attached hydrogens (tertiary/aromatic N) is 3. The van der Waals surface area contributed by atoms with Gasteiger partial charge < -0.3 is 14.7 Å². The lowest BCUT2D eigenvalue weighted by atomic mass is 10.2. The van der Waals surface area contributed by atoms with Crippen molar-refractivity contribution in [2.45, 2.75) is 20.4 Å². The average molecular weight is 242 g/mol. The third-order valence-corrected chi connectivity index (χ3v) is 2.90. The van der Waals surface area contributed by atoms with Crippen LogP contribution in [0.1, 0.15) is 17.2 Å². The Morgan fingerprint density at radius 2 is 2.17 bits per heavy atom. The van der Waals surface area contributed by atoms with E-state index in [1.165, 1.54) is 5.56 Å². The number of benzene rings is 1. The predicted octanol–water partition coefficient (Wildman–Crippen LogP) is 2.27. The summed E-state index contributed by atoms with van der Waals surface area (Å²) in [7, 11) is 0. The molecule has 0 aliphatic heterocycles. The summed E-state index contributed by atoms with van der Waals surface area (Å²) in [5, 5.41) is 0. The number of hydrogen-bond donors (Lipinski definition) is 1. The highest BCUT2D eigenvalue weighted by molar-refractivity contribution is 5.79. The van der Waals surface area contributed by atoms with Gasteiger partial charge in [0, 0.05) is 0 Å². The zero-order chi connectivity index (χ0) is 12.7. The number of aromatic nitrogens is 3. The Morgan fingerprint density at radius 3 is 2.89 bits per heavy atom. The van der Waals surface area contributed by atoms with E-state index < -0.39 is 0 Å². The summed E-state index contributed by atoms with van der Waals surface area (Å²) in [5.41, 5.74) is 9.00. The largest absolute Gasteiger partial charge is 0.444 e. The molecule has 0 saturated carbocycles. The Labute approximate surface area is 104 Å². The van der Waals surface area contributed by atoms with E-state index in [9.17, 15) is 0 Å². The maximum absolute atomic E-state index is 5.94. The van der Waals surface area contributed by atoms with Crippen LogP contribution in [0.15, 0.2) is 28.8 Å². The zero-order valence-corrected chi connectivity index (χ0v) is 10.3. The minimum atomic E-state index is 0.478. The molecule has 2 N–H and O–H groups in total. The molecule has 1 aromatic carbocycles. The molecule has 92 valence electrons. The van der Waals surface area contributed by atoms with Gasteiger partial charge in [-0.1, -0.05) is 6.07 Å². The third-order valence-electron chi connectivity index (χ3n) is 2.90. The fourth-order valence-electron chi connectivity index (χ4n) is 2.03. The van der Waals surface area contributed by atoms with Crippen molar-refractivity contribution in [3.8, 4) is 0 Å². The van der Waals surface area contributed by atoms with E-state index in [4.69, 9.17) is 10.2 Å². The SMILES string of the molecule is Cc1ccc2c(c1)nc(N)n2Cc1ncc(C)o1. The van der Waals surface area contributed by atoms with Crippen molar-refractivity contribution >= 4 is 17.0 Å². The maximum Gasteiger partial charge on any atom is 0.214 e. The second kappa shape index (κ2) is 3.87. The molecule has 2 aromatic heterocycles. The van der Waals surface area contributed by atoms with Crippen molar-refractivity contribution in [1.82, 2.24) is 14.5 Å². The minimum absolute atomic E-state index is 0.478. The fraction of sp³-hybridized carbons (Fsp3) is 0.231. The van der Waals surface area contributed by atoms with E-state index in [1.54, 1.807) is 6.20 Å². The number of anilines is 1. The van der Waals surface area contributed by atoms with E-state index in [0.717, 1.165) is 16.8 Å². The molecule has 3 aromatic rings. The average Bonchev–Trinajstić information content (AvgIpc) is 2.84. The van der Waals surface area contributed by atoms with Crippen LogP contribution in [0.3, 0.4) is 0 Å². The standard InChI is InChI=1S/C13H14N4O/c1-8-3-4-11-10(5-8)16-13(14)17(11)7-12-15-6-9(2)18-12/h3-6H,7H2,1-2H3,(H2,14,16). The van der Waals surface area contributed by atoms with Crippen molar-refractivity contribution in [1.29, 1.82) is 0 Å². The van der Waals surface area contributed by atoms with Gasteiger partial charge in [0.15, 0.2) is 0 Å². The van der Waals surface area contributed by atoms with Gasteiger partial charge in [0.25, 0.3) is 0 Å². The Hall–Kier alpha value is -2.30. The first-order chi connectivity index (χ1) is 8.63. The molecule has 0 aliphatic carbocycles. The molecule has 3 rings (SSSR count). The normalized spacial score (nSPS) is 11.2. The Morgan fingerprint density at radius 1 is 1.33 bits per heavy atom. The van der Waals surface area contributed by atoms with Crippen LogP contribution >= 0.6 is 0 Å². The molecule has 0 unspecified atom stereocenters. The van der Waals surface area contributed by atoms with Crippen LogP contribution in [0, 0.1) is 13.8 Å². The topological polar surface area (TPSA) is 69.9 Å². The van der Waals surface area contributed by atoms with Gasteiger partial charge >= 0.3 is 0 Å². The molecule has 2 heterocycles. The second-order valence-corrected chi connectivity index (χ2v) is 4.41. The molecule has 5 nitrogen and oxygen atoms in total. The van der Waals surface area contributed by atoms with Crippen molar-refractivity contribution in [3.05, 3.63) is 41.6 Å². The first-order valence-corrected chi connectivity index (χ1v) is 5.77. The quantitative estimate of drug-likeness (QED) is 0.748. The molecular weight excluding hydrogens is 228 g/mol. The van der Waals surface area contributed by atoms with E-state index in [1.807, 2.05) is 36.6 Å². The van der Waals surface area contributed by atoms with Crippen LogP contribution in [0.5, 0.6) is 0 Å². The van der Waals surface area contributed by atoms with Gasteiger partial charge in [0.2, 0.25) is 11.8 Å². The van der Waals surface area contributed by atoms with Gasteiger partial charge in [-0.2, -0.15) is 0 Å². The Balaban J connectivity index is 2.08. The molecule has 0 saturated heterocycles. The van der Waals surface area contributed by atoms with Crippen molar-refractivity contribution < 1.29 is 4.42 Å². The third kappa shape index (κ3) is 1.73. The number of hydrogen-bond acceptors (Lipinski definition) is 4. The maximum atomic E-state index is 5.94. The van der Waals surface area contributed by atoms with Gasteiger partial charge in [-0.05, 0) is 31.5 Å². The van der Waals surface area contributed by atoms with E-state index in [-0.39, 0.29) is 0 Å². The van der Waals surface area contributed by atoms with E-state index >= 15 is 0 Å². The van der Waals surface area contributed by atoms with E-state index in [2.05, 4.69) is 9.97 Å². The summed E-state index contributed by atoms with van der Waals surface area (Å²) < 4.78 is 7.37. The van der Waals surface area contributed by atoms with Gasteiger partial charge in [0.05, 0.1) is 17.2 Å². The van der Waals surface area contributed by atoms with Crippen LogP contribution in [-0.4, -0.2) is 14.5 Å². The highest BCUT2D eigenvalue weighted by atomic mass is 16.4. The zero-order valence-electron chi connectivity index (χ0n) is 10.3. The van der Waals surface area contributed by atoms with Crippen LogP contribution in [0.2, 0.25) is 0 Å². The number of fused-ring (bicyclic) bond motifs is 1. The second-order valence-electron chi connectivity index (χ2n) is 4.41. The fourth-order valence-corrected chi connectivity index (χ4v) is 2.03. The molecule has 0 radical (unpaired) electrons. The van der Waals surface area contributed by atoms with Crippen molar-refractivity contribution in [2.24, 2.45) is 0 Å². The van der Waals surface area contributed by atoms with Crippen molar-refractivity contribution in [2.75, 3.05) is 5.73 Å². The van der Waals surface area contributed by atoms with Gasteiger partial charge in [0.1, 0.15) is 12.3 Å². The molecule has 0 amide bonds.